The van der Waals surface area contributed by atoms with Gasteiger partial charge in [-0.15, -0.1) is 0 Å². The highest BCUT2D eigenvalue weighted by molar-refractivity contribution is 5.90. The second kappa shape index (κ2) is 6.64. The van der Waals surface area contributed by atoms with E-state index in [-0.39, 0.29) is 36.1 Å². The maximum Gasteiger partial charge on any atom is 0.334 e. The highest BCUT2D eigenvalue weighted by Gasteiger charge is 2.53. The summed E-state index contributed by atoms with van der Waals surface area (Å²) < 4.78 is 11.9. The molecule has 1 N–H and O–H groups in total. The number of rotatable bonds is 0. The van der Waals surface area contributed by atoms with Gasteiger partial charge >= 0.3 is 5.97 Å². The van der Waals surface area contributed by atoms with E-state index in [2.05, 4.69) is 26.5 Å². The quantitative estimate of drug-likeness (QED) is 0.418. The van der Waals surface area contributed by atoms with Crippen LogP contribution in [0.25, 0.3) is 0 Å². The molecule has 24 heavy (non-hydrogen) atoms. The largest absolute Gasteiger partial charge is 0.456 e. The van der Waals surface area contributed by atoms with Gasteiger partial charge in [0, 0.05) is 11.5 Å². The molecule has 134 valence electrons. The lowest BCUT2D eigenvalue weighted by Crippen LogP contribution is -2.54. The van der Waals surface area contributed by atoms with Crippen LogP contribution in [0.5, 0.6) is 0 Å². The predicted molar refractivity (Wildman–Crippen MR) is 92.4 cm³/mol. The SMILES string of the molecule is C=C1C(=O)O[C@H]2[C@H]3O[C@@H](C[C@@H]12)[C@](C)(O)CCCC(C)=CCC[C@H]3C. The topological polar surface area (TPSA) is 55.8 Å². The summed E-state index contributed by atoms with van der Waals surface area (Å²) >= 11 is 0. The Morgan fingerprint density at radius 3 is 2.88 bits per heavy atom. The number of ether oxygens (including phenoxy) is 2. The number of allylic oxidation sites excluding steroid dienone is 2. The molecule has 2 saturated heterocycles. The average Bonchev–Trinajstić information content (AvgIpc) is 2.80. The van der Waals surface area contributed by atoms with Gasteiger partial charge in [-0.3, -0.25) is 0 Å². The molecule has 0 aromatic rings. The molecule has 4 nitrogen and oxygen atoms in total. The summed E-state index contributed by atoms with van der Waals surface area (Å²) in [7, 11) is 0. The van der Waals surface area contributed by atoms with Crippen LogP contribution in [0, 0.1) is 11.8 Å². The van der Waals surface area contributed by atoms with E-state index in [0.717, 1.165) is 25.7 Å². The Morgan fingerprint density at radius 1 is 1.38 bits per heavy atom. The Labute approximate surface area is 144 Å². The second-order valence-electron chi connectivity index (χ2n) is 8.14. The van der Waals surface area contributed by atoms with E-state index in [9.17, 15) is 9.90 Å². The standard InChI is InChI=1S/C20H30O4/c1-12-7-5-9-13(2)17-18-15(14(3)19(21)24-18)11-16(23-17)20(4,22)10-6-8-12/h7,13,15-18,22H,3,5-6,8-11H2,1-2,4H3/t13-,15+,16+,17+,18-,20-/m1/s1. The average molecular weight is 334 g/mol. The van der Waals surface area contributed by atoms with Gasteiger partial charge in [0.2, 0.25) is 0 Å². The van der Waals surface area contributed by atoms with Crippen molar-refractivity contribution in [2.45, 2.75) is 83.2 Å². The molecule has 0 saturated carbocycles. The van der Waals surface area contributed by atoms with Crippen molar-refractivity contribution in [3.63, 3.8) is 0 Å². The lowest BCUT2D eigenvalue weighted by molar-refractivity contribution is -0.208. The molecule has 2 fully saturated rings. The summed E-state index contributed by atoms with van der Waals surface area (Å²) in [6.45, 7) is 10.1. The molecule has 0 spiro atoms. The third-order valence-corrected chi connectivity index (χ3v) is 6.09. The Kier molecular flexibility index (Phi) is 4.89. The molecule has 2 bridgehead atoms. The zero-order chi connectivity index (χ0) is 17.5. The molecule has 3 aliphatic rings. The Bertz CT molecular complexity index is 548. The molecule has 3 heterocycles. The normalized spacial score (nSPS) is 44.0. The van der Waals surface area contributed by atoms with Crippen molar-refractivity contribution >= 4 is 5.97 Å². The van der Waals surface area contributed by atoms with Crippen molar-refractivity contribution in [3.05, 3.63) is 23.8 Å². The van der Waals surface area contributed by atoms with E-state index >= 15 is 0 Å². The van der Waals surface area contributed by atoms with Crippen LogP contribution in [-0.4, -0.2) is 35.0 Å². The van der Waals surface area contributed by atoms with E-state index in [1.807, 2.05) is 6.92 Å². The van der Waals surface area contributed by atoms with Gasteiger partial charge in [-0.1, -0.05) is 25.2 Å². The summed E-state index contributed by atoms with van der Waals surface area (Å²) in [6, 6.07) is 0. The molecule has 0 aromatic carbocycles. The van der Waals surface area contributed by atoms with Gasteiger partial charge in [0.25, 0.3) is 0 Å². The van der Waals surface area contributed by atoms with Crippen LogP contribution in [0.1, 0.15) is 59.3 Å². The van der Waals surface area contributed by atoms with Crippen LogP contribution in [0.15, 0.2) is 23.8 Å². The maximum atomic E-state index is 12.0. The lowest BCUT2D eigenvalue weighted by Gasteiger charge is -2.45. The Morgan fingerprint density at radius 2 is 2.12 bits per heavy atom. The van der Waals surface area contributed by atoms with E-state index < -0.39 is 5.60 Å². The minimum absolute atomic E-state index is 0.0320. The first-order valence-electron chi connectivity index (χ1n) is 9.23. The monoisotopic (exact) mass is 334 g/mol. The number of carbonyl (C=O) groups excluding carboxylic acids is 1. The van der Waals surface area contributed by atoms with Crippen molar-refractivity contribution in [2.75, 3.05) is 0 Å². The summed E-state index contributed by atoms with van der Waals surface area (Å²) in [5.74, 6) is -0.0696. The molecule has 0 radical (unpaired) electrons. The van der Waals surface area contributed by atoms with Crippen molar-refractivity contribution in [1.29, 1.82) is 0 Å². The molecule has 0 unspecified atom stereocenters. The molecule has 3 aliphatic heterocycles. The molecule has 0 amide bonds. The van der Waals surface area contributed by atoms with Gasteiger partial charge < -0.3 is 14.6 Å². The van der Waals surface area contributed by atoms with Gasteiger partial charge in [0.15, 0.2) is 0 Å². The summed E-state index contributed by atoms with van der Waals surface area (Å²) in [5.41, 5.74) is 1.04. The first-order valence-corrected chi connectivity index (χ1v) is 9.23. The third kappa shape index (κ3) is 3.31. The second-order valence-corrected chi connectivity index (χ2v) is 8.14. The van der Waals surface area contributed by atoms with Crippen molar-refractivity contribution < 1.29 is 19.4 Å². The maximum absolute atomic E-state index is 12.0. The van der Waals surface area contributed by atoms with E-state index in [0.29, 0.717) is 18.4 Å². The van der Waals surface area contributed by atoms with Crippen LogP contribution in [0.2, 0.25) is 0 Å². The zero-order valence-corrected chi connectivity index (χ0v) is 15.1. The fraction of sp³-hybridized carbons (Fsp3) is 0.750. The van der Waals surface area contributed by atoms with Gasteiger partial charge in [0.05, 0.1) is 17.8 Å². The summed E-state index contributed by atoms with van der Waals surface area (Å²) in [4.78, 5) is 12.0. The molecular formula is C20H30O4. The zero-order valence-electron chi connectivity index (χ0n) is 15.1. The Balaban J connectivity index is 1.90. The first-order chi connectivity index (χ1) is 11.3. The fourth-order valence-electron chi connectivity index (χ4n) is 4.36. The predicted octanol–water partition coefficient (Wildman–Crippen LogP) is 3.54. The summed E-state index contributed by atoms with van der Waals surface area (Å²) in [6.07, 6.45) is 6.87. The van der Waals surface area contributed by atoms with Crippen LogP contribution in [0.3, 0.4) is 0 Å². The fourth-order valence-corrected chi connectivity index (χ4v) is 4.36. The number of aliphatic hydroxyl groups is 1. The smallest absolute Gasteiger partial charge is 0.334 e. The molecule has 6 atom stereocenters. The van der Waals surface area contributed by atoms with E-state index in [1.165, 1.54) is 5.57 Å². The minimum Gasteiger partial charge on any atom is -0.456 e. The van der Waals surface area contributed by atoms with Gasteiger partial charge in [-0.2, -0.15) is 0 Å². The van der Waals surface area contributed by atoms with Crippen LogP contribution >= 0.6 is 0 Å². The number of fused-ring (bicyclic) bond motifs is 4. The van der Waals surface area contributed by atoms with Crippen molar-refractivity contribution in [3.8, 4) is 0 Å². The van der Waals surface area contributed by atoms with Crippen LogP contribution in [-0.2, 0) is 14.3 Å². The highest BCUT2D eigenvalue weighted by atomic mass is 16.6. The molecule has 4 heteroatoms. The van der Waals surface area contributed by atoms with Crippen LogP contribution < -0.4 is 0 Å². The van der Waals surface area contributed by atoms with E-state index in [4.69, 9.17) is 9.47 Å². The molecule has 3 rings (SSSR count). The first kappa shape index (κ1) is 17.7. The van der Waals surface area contributed by atoms with Crippen molar-refractivity contribution in [2.24, 2.45) is 11.8 Å². The summed E-state index contributed by atoms with van der Waals surface area (Å²) in [5, 5.41) is 11.0. The van der Waals surface area contributed by atoms with E-state index in [1.54, 1.807) is 0 Å². The number of hydrogen-bond donors (Lipinski definition) is 1. The number of hydrogen-bond acceptors (Lipinski definition) is 4. The number of esters is 1. The van der Waals surface area contributed by atoms with Crippen LogP contribution in [0.4, 0.5) is 0 Å². The van der Waals surface area contributed by atoms with Gasteiger partial charge in [0.1, 0.15) is 6.10 Å². The number of carbonyl (C=O) groups is 1. The molecule has 0 aromatic heterocycles. The van der Waals surface area contributed by atoms with Gasteiger partial charge in [-0.25, -0.2) is 4.79 Å². The molecular weight excluding hydrogens is 304 g/mol. The third-order valence-electron chi connectivity index (χ3n) is 6.09. The molecule has 0 aliphatic carbocycles. The van der Waals surface area contributed by atoms with Gasteiger partial charge in [-0.05, 0) is 58.3 Å². The lowest BCUT2D eigenvalue weighted by atomic mass is 9.76. The van der Waals surface area contributed by atoms with Crippen molar-refractivity contribution in [1.82, 2.24) is 0 Å². The minimum atomic E-state index is -0.895. The highest BCUT2D eigenvalue weighted by Crippen LogP contribution is 2.44. The Hall–Kier alpha value is -1.13.